The number of anilines is 1. The second kappa shape index (κ2) is 9.15. The molecule has 2 unspecified atom stereocenters. The van der Waals surface area contributed by atoms with Crippen molar-refractivity contribution in [1.29, 1.82) is 0 Å². The molecular formula is C23H20F5N5OS. The number of likely N-dealkylation sites (N-methyl/N-ethyl adjacent to an activating group) is 1. The maximum atomic E-state index is 15.1. The van der Waals surface area contributed by atoms with Gasteiger partial charge in [-0.05, 0) is 50.0 Å². The number of piperazine rings is 1. The van der Waals surface area contributed by atoms with Crippen molar-refractivity contribution >= 4 is 23.0 Å². The molecule has 5 rings (SSSR count). The monoisotopic (exact) mass is 509 g/mol. The Bertz CT molecular complexity index is 1270. The summed E-state index contributed by atoms with van der Waals surface area (Å²) in [4.78, 5) is 5.86. The largest absolute Gasteiger partial charge is 0.415 e. The zero-order chi connectivity index (χ0) is 24.9. The molecule has 2 aromatic carbocycles. The highest BCUT2D eigenvalue weighted by atomic mass is 32.1. The molecule has 3 aromatic rings. The molecular weight excluding hydrogens is 489 g/mol. The molecule has 35 heavy (non-hydrogen) atoms. The van der Waals surface area contributed by atoms with Gasteiger partial charge < -0.3 is 14.2 Å². The van der Waals surface area contributed by atoms with E-state index in [4.69, 9.17) is 16.6 Å². The molecule has 2 fully saturated rings. The Balaban J connectivity index is 1.44. The van der Waals surface area contributed by atoms with E-state index in [1.54, 1.807) is 4.90 Å². The minimum Gasteiger partial charge on any atom is -0.415 e. The first-order valence-corrected chi connectivity index (χ1v) is 11.3. The van der Waals surface area contributed by atoms with Crippen LogP contribution in [0.4, 0.5) is 27.6 Å². The Labute approximate surface area is 202 Å². The van der Waals surface area contributed by atoms with E-state index in [1.165, 1.54) is 18.2 Å². The number of halogens is 5. The van der Waals surface area contributed by atoms with Gasteiger partial charge in [0.15, 0.2) is 16.7 Å². The van der Waals surface area contributed by atoms with Crippen LogP contribution in [0.15, 0.2) is 40.8 Å². The number of nitrogens with zero attached hydrogens (tertiary/aromatic N) is 5. The Morgan fingerprint density at radius 3 is 2.46 bits per heavy atom. The van der Waals surface area contributed by atoms with E-state index in [0.717, 1.165) is 31.2 Å². The molecule has 6 nitrogen and oxygen atoms in total. The van der Waals surface area contributed by atoms with Gasteiger partial charge in [0.05, 0.1) is 6.54 Å². The summed E-state index contributed by atoms with van der Waals surface area (Å²) in [5.41, 5.74) is 0.621. The maximum Gasteiger partial charge on any atom is 0.314 e. The highest BCUT2D eigenvalue weighted by molar-refractivity contribution is 7.80. The van der Waals surface area contributed by atoms with E-state index >= 15 is 4.39 Å². The number of fused-ring (bicyclic) bond motifs is 2. The lowest BCUT2D eigenvalue weighted by atomic mass is 10.1. The van der Waals surface area contributed by atoms with E-state index in [0.29, 0.717) is 17.7 Å². The van der Waals surface area contributed by atoms with Crippen LogP contribution in [0.2, 0.25) is 0 Å². The minimum atomic E-state index is -2.94. The first-order chi connectivity index (χ1) is 16.7. The molecule has 0 radical (unpaired) electrons. The van der Waals surface area contributed by atoms with Crippen molar-refractivity contribution in [3.8, 4) is 11.5 Å². The van der Waals surface area contributed by atoms with E-state index in [-0.39, 0.29) is 35.3 Å². The molecule has 2 bridgehead atoms. The van der Waals surface area contributed by atoms with Crippen LogP contribution in [-0.2, 0) is 6.54 Å². The first-order valence-electron chi connectivity index (χ1n) is 10.8. The molecule has 2 aliphatic rings. The summed E-state index contributed by atoms with van der Waals surface area (Å²) in [6.07, 6.45) is -2.00. The number of benzene rings is 2. The van der Waals surface area contributed by atoms with Crippen LogP contribution in [0.5, 0.6) is 0 Å². The standard InChI is InChI=1S/C23H20F5N5OS/c1-31-10-16-7-15(31)11-33(16)23(35)32(14-4-5-17(24)19(26)8-14)9-13-3-2-12(6-18(13)25)21-29-30-22(34-21)20(27)28/h2-6,8,15-16,20H,7,9-11H2,1H3. The summed E-state index contributed by atoms with van der Waals surface area (Å²) in [7, 11) is 2.04. The summed E-state index contributed by atoms with van der Waals surface area (Å²) in [6.45, 7) is 1.45. The average molecular weight is 510 g/mol. The quantitative estimate of drug-likeness (QED) is 0.363. The highest BCUT2D eigenvalue weighted by Crippen LogP contribution is 2.33. The molecule has 0 spiro atoms. The van der Waals surface area contributed by atoms with E-state index in [2.05, 4.69) is 15.1 Å². The van der Waals surface area contributed by atoms with Gasteiger partial charge in [0.1, 0.15) is 5.82 Å². The lowest BCUT2D eigenvalue weighted by Gasteiger charge is -2.38. The maximum absolute atomic E-state index is 15.1. The molecule has 3 heterocycles. The van der Waals surface area contributed by atoms with Crippen LogP contribution in [0.25, 0.3) is 11.5 Å². The second-order valence-corrected chi connectivity index (χ2v) is 9.02. The van der Waals surface area contributed by atoms with Crippen molar-refractivity contribution in [3.05, 3.63) is 65.3 Å². The lowest BCUT2D eigenvalue weighted by Crippen LogP contribution is -2.52. The number of thiocarbonyl (C=S) groups is 1. The molecule has 0 amide bonds. The minimum absolute atomic E-state index is 0.0636. The molecule has 1 aromatic heterocycles. The molecule has 12 heteroatoms. The van der Waals surface area contributed by atoms with Crippen LogP contribution < -0.4 is 4.90 Å². The third kappa shape index (κ3) is 4.47. The van der Waals surface area contributed by atoms with E-state index in [1.807, 2.05) is 11.9 Å². The topological polar surface area (TPSA) is 48.6 Å². The number of rotatable bonds is 5. The second-order valence-electron chi connectivity index (χ2n) is 8.65. The normalized spacial score (nSPS) is 19.7. The molecule has 184 valence electrons. The summed E-state index contributed by atoms with van der Waals surface area (Å²) in [6, 6.07) is 7.93. The number of aromatic nitrogens is 2. The Morgan fingerprint density at radius 1 is 1.06 bits per heavy atom. The predicted molar refractivity (Wildman–Crippen MR) is 121 cm³/mol. The Morgan fingerprint density at radius 2 is 1.86 bits per heavy atom. The molecule has 2 saturated heterocycles. The van der Waals surface area contributed by atoms with Crippen LogP contribution in [0.3, 0.4) is 0 Å². The molecule has 0 aliphatic carbocycles. The van der Waals surface area contributed by atoms with Gasteiger partial charge in [0.2, 0.25) is 5.89 Å². The number of hydrogen-bond acceptors (Lipinski definition) is 5. The zero-order valence-electron chi connectivity index (χ0n) is 18.5. The third-order valence-corrected chi connectivity index (χ3v) is 6.92. The molecule has 0 saturated carbocycles. The molecule has 0 N–H and O–H groups in total. The summed E-state index contributed by atoms with van der Waals surface area (Å²) in [5, 5.41) is 7.17. The SMILES string of the molecule is CN1CC2CC1CN2C(=S)N(Cc1ccc(-c2nnc(C(F)F)o2)cc1F)c1ccc(F)c(F)c1. The summed E-state index contributed by atoms with van der Waals surface area (Å²) < 4.78 is 73.1. The van der Waals surface area contributed by atoms with E-state index in [9.17, 15) is 17.6 Å². The zero-order valence-corrected chi connectivity index (χ0v) is 19.3. The van der Waals surface area contributed by atoms with Gasteiger partial charge in [-0.2, -0.15) is 8.78 Å². The lowest BCUT2D eigenvalue weighted by molar-refractivity contribution is 0.116. The van der Waals surface area contributed by atoms with Crippen molar-refractivity contribution in [3.63, 3.8) is 0 Å². The fourth-order valence-electron chi connectivity index (χ4n) is 4.60. The summed E-state index contributed by atoms with van der Waals surface area (Å²) >= 11 is 5.76. The highest BCUT2D eigenvalue weighted by Gasteiger charge is 2.43. The van der Waals surface area contributed by atoms with Crippen LogP contribution in [0.1, 0.15) is 24.3 Å². The number of likely N-dealkylation sites (tertiary alicyclic amines) is 2. The van der Waals surface area contributed by atoms with Gasteiger partial charge >= 0.3 is 6.43 Å². The van der Waals surface area contributed by atoms with Gasteiger partial charge in [0, 0.05) is 48.1 Å². The molecule has 2 aliphatic heterocycles. The van der Waals surface area contributed by atoms with Crippen LogP contribution in [0, 0.1) is 17.5 Å². The van der Waals surface area contributed by atoms with Crippen LogP contribution >= 0.6 is 12.2 Å². The predicted octanol–water partition coefficient (Wildman–Crippen LogP) is 4.77. The third-order valence-electron chi connectivity index (χ3n) is 6.46. The fourth-order valence-corrected chi connectivity index (χ4v) is 4.99. The van der Waals surface area contributed by atoms with Crippen molar-refractivity contribution in [1.82, 2.24) is 20.0 Å². The summed E-state index contributed by atoms with van der Waals surface area (Å²) in [5.74, 6) is -3.81. The van der Waals surface area contributed by atoms with Crippen molar-refractivity contribution in [2.45, 2.75) is 31.5 Å². The Hall–Kier alpha value is -3.12. The van der Waals surface area contributed by atoms with Gasteiger partial charge in [-0.25, -0.2) is 13.2 Å². The van der Waals surface area contributed by atoms with Crippen molar-refractivity contribution < 1.29 is 26.4 Å². The van der Waals surface area contributed by atoms with E-state index < -0.39 is 29.8 Å². The number of alkyl halides is 2. The van der Waals surface area contributed by atoms with Crippen molar-refractivity contribution in [2.24, 2.45) is 0 Å². The average Bonchev–Trinajstić information content (AvgIpc) is 3.55. The Kier molecular flexibility index (Phi) is 6.18. The van der Waals surface area contributed by atoms with Gasteiger partial charge in [-0.15, -0.1) is 10.2 Å². The fraction of sp³-hybridized carbons (Fsp3) is 0.348. The van der Waals surface area contributed by atoms with Gasteiger partial charge in [0.25, 0.3) is 5.89 Å². The first kappa shape index (κ1) is 23.6. The van der Waals surface area contributed by atoms with Crippen molar-refractivity contribution in [2.75, 3.05) is 25.0 Å². The smallest absolute Gasteiger partial charge is 0.314 e. The van der Waals surface area contributed by atoms with Gasteiger partial charge in [-0.1, -0.05) is 6.07 Å². The van der Waals surface area contributed by atoms with Crippen LogP contribution in [-0.4, -0.2) is 57.3 Å². The molecule has 2 atom stereocenters. The van der Waals surface area contributed by atoms with Gasteiger partial charge in [-0.3, -0.25) is 4.90 Å². The number of hydrogen-bond donors (Lipinski definition) is 0.